The van der Waals surface area contributed by atoms with E-state index < -0.39 is 12.0 Å². The number of hydrogen-bond donors (Lipinski definition) is 4. The van der Waals surface area contributed by atoms with Crippen LogP contribution in [0.1, 0.15) is 33.1 Å². The molecule has 28 heavy (non-hydrogen) atoms. The van der Waals surface area contributed by atoms with Gasteiger partial charge in [0.25, 0.3) is 0 Å². The lowest BCUT2D eigenvalue weighted by Gasteiger charge is -2.27. The van der Waals surface area contributed by atoms with Crippen LogP contribution in [0.5, 0.6) is 0 Å². The quantitative estimate of drug-likeness (QED) is 0.509. The molecule has 3 aliphatic rings. The number of piperidine rings is 1. The molecule has 0 radical (unpaired) electrons. The molecule has 3 amide bonds. The maximum Gasteiger partial charge on any atom is 0.413 e. The fourth-order valence-corrected chi connectivity index (χ4v) is 6.87. The van der Waals surface area contributed by atoms with E-state index in [4.69, 9.17) is 4.74 Å². The summed E-state index contributed by atoms with van der Waals surface area (Å²) in [7, 11) is 0. The monoisotopic (exact) mass is 430 g/mol. The highest BCUT2D eigenvalue weighted by molar-refractivity contribution is 8.01. The minimum Gasteiger partial charge on any atom is -0.450 e. The largest absolute Gasteiger partial charge is 0.450 e. The third kappa shape index (κ3) is 5.34. The molecule has 5 unspecified atom stereocenters. The highest BCUT2D eigenvalue weighted by Crippen LogP contribution is 2.36. The van der Waals surface area contributed by atoms with Crippen molar-refractivity contribution in [3.8, 4) is 0 Å². The van der Waals surface area contributed by atoms with Gasteiger partial charge in [-0.2, -0.15) is 0 Å². The number of carbonyl (C=O) groups excluding carboxylic acids is 3. The fourth-order valence-electron chi connectivity index (χ4n) is 3.93. The maximum atomic E-state index is 12.9. The third-order valence-corrected chi connectivity index (χ3v) is 8.47. The van der Waals surface area contributed by atoms with Gasteiger partial charge in [0.05, 0.1) is 23.3 Å². The van der Waals surface area contributed by atoms with Crippen molar-refractivity contribution in [1.82, 2.24) is 21.3 Å². The number of amides is 3. The van der Waals surface area contributed by atoms with Crippen LogP contribution in [0, 0.1) is 11.8 Å². The van der Waals surface area contributed by atoms with E-state index in [1.807, 2.05) is 6.92 Å². The normalized spacial score (nSPS) is 33.4. The SMILES string of the molecule is CCOC(=O)NC(=O)C1CCSC1NC(=O)C1SC(C2CCNCC2)NC1C. The Kier molecular flexibility index (Phi) is 7.90. The summed E-state index contributed by atoms with van der Waals surface area (Å²) in [6.45, 7) is 6.01. The second-order valence-corrected chi connectivity index (χ2v) is 9.96. The Morgan fingerprint density at radius 3 is 2.61 bits per heavy atom. The van der Waals surface area contributed by atoms with Gasteiger partial charge in [-0.1, -0.05) is 0 Å². The van der Waals surface area contributed by atoms with E-state index >= 15 is 0 Å². The lowest BCUT2D eigenvalue weighted by Crippen LogP contribution is -2.48. The number of imide groups is 1. The Bertz CT molecular complexity index is 588. The summed E-state index contributed by atoms with van der Waals surface area (Å²) in [6.07, 6.45) is 2.15. The highest BCUT2D eigenvalue weighted by atomic mass is 32.2. The first-order chi connectivity index (χ1) is 13.5. The number of alkyl carbamates (subject to hydrolysis) is 1. The molecule has 0 aromatic carbocycles. The molecule has 158 valence electrons. The summed E-state index contributed by atoms with van der Waals surface area (Å²) in [6, 6.07) is 0.0862. The first-order valence-corrected chi connectivity index (χ1v) is 12.0. The Balaban J connectivity index is 1.53. The molecule has 5 atom stereocenters. The van der Waals surface area contributed by atoms with Gasteiger partial charge in [-0.25, -0.2) is 4.79 Å². The van der Waals surface area contributed by atoms with Gasteiger partial charge in [0.15, 0.2) is 0 Å². The third-order valence-electron chi connectivity index (χ3n) is 5.46. The molecule has 3 rings (SSSR count). The smallest absolute Gasteiger partial charge is 0.413 e. The van der Waals surface area contributed by atoms with Gasteiger partial charge in [0, 0.05) is 6.04 Å². The van der Waals surface area contributed by atoms with Crippen LogP contribution in [0.25, 0.3) is 0 Å². The zero-order valence-electron chi connectivity index (χ0n) is 16.4. The number of thioether (sulfide) groups is 2. The summed E-state index contributed by atoms with van der Waals surface area (Å²) >= 11 is 3.26. The summed E-state index contributed by atoms with van der Waals surface area (Å²) < 4.78 is 4.77. The number of ether oxygens (including phenoxy) is 1. The van der Waals surface area contributed by atoms with Gasteiger partial charge in [-0.05, 0) is 57.9 Å². The van der Waals surface area contributed by atoms with Crippen molar-refractivity contribution in [3.05, 3.63) is 0 Å². The lowest BCUT2D eigenvalue weighted by atomic mass is 9.97. The molecule has 3 aliphatic heterocycles. The summed E-state index contributed by atoms with van der Waals surface area (Å²) in [5.74, 6) is 0.514. The van der Waals surface area contributed by atoms with E-state index in [-0.39, 0.29) is 35.1 Å². The average Bonchev–Trinajstić information content (AvgIpc) is 3.29. The molecular weight excluding hydrogens is 400 g/mol. The van der Waals surface area contributed by atoms with Crippen LogP contribution in [-0.4, -0.2) is 65.4 Å². The topological polar surface area (TPSA) is 109 Å². The number of hydrogen-bond acceptors (Lipinski definition) is 8. The zero-order valence-corrected chi connectivity index (χ0v) is 18.0. The zero-order chi connectivity index (χ0) is 20.1. The minimum atomic E-state index is -0.733. The molecule has 3 fully saturated rings. The minimum absolute atomic E-state index is 0.0326. The Labute approximate surface area is 174 Å². The van der Waals surface area contributed by atoms with Crippen LogP contribution >= 0.6 is 23.5 Å². The lowest BCUT2D eigenvalue weighted by molar-refractivity contribution is -0.125. The molecule has 3 saturated heterocycles. The van der Waals surface area contributed by atoms with Crippen LogP contribution in [0.15, 0.2) is 0 Å². The number of nitrogens with one attached hydrogen (secondary N) is 4. The van der Waals surface area contributed by atoms with Crippen LogP contribution < -0.4 is 21.3 Å². The summed E-state index contributed by atoms with van der Waals surface area (Å²) in [5.41, 5.74) is 0. The first kappa shape index (κ1) is 21.7. The van der Waals surface area contributed by atoms with Crippen LogP contribution in [0.2, 0.25) is 0 Å². The molecule has 0 aliphatic carbocycles. The van der Waals surface area contributed by atoms with Gasteiger partial charge in [-0.3, -0.25) is 14.9 Å². The van der Waals surface area contributed by atoms with E-state index in [9.17, 15) is 14.4 Å². The van der Waals surface area contributed by atoms with E-state index in [2.05, 4.69) is 21.3 Å². The number of rotatable bonds is 5. The van der Waals surface area contributed by atoms with Crippen LogP contribution in [0.4, 0.5) is 4.79 Å². The Hall–Kier alpha value is -0.970. The highest BCUT2D eigenvalue weighted by Gasteiger charge is 2.42. The molecular formula is C18H30N4O4S2. The van der Waals surface area contributed by atoms with Crippen molar-refractivity contribution in [2.24, 2.45) is 11.8 Å². The van der Waals surface area contributed by atoms with Gasteiger partial charge in [0.2, 0.25) is 11.8 Å². The second-order valence-electron chi connectivity index (χ2n) is 7.42. The molecule has 10 heteroatoms. The second kappa shape index (κ2) is 10.2. The van der Waals surface area contributed by atoms with Crippen LogP contribution in [0.3, 0.4) is 0 Å². The molecule has 0 spiro atoms. The van der Waals surface area contributed by atoms with Crippen molar-refractivity contribution < 1.29 is 19.1 Å². The predicted octanol–water partition coefficient (Wildman–Crippen LogP) is 0.874. The van der Waals surface area contributed by atoms with Crippen molar-refractivity contribution in [2.75, 3.05) is 25.4 Å². The molecule has 4 N–H and O–H groups in total. The predicted molar refractivity (Wildman–Crippen MR) is 111 cm³/mol. The standard InChI is InChI=1S/C18H30N4O4S2/c1-3-26-18(25)22-14(23)12-6-9-27-17(12)21-15(24)13-10(2)20-16(28-13)11-4-7-19-8-5-11/h10-13,16-17,19-20H,3-9H2,1-2H3,(H,21,24)(H,22,23,25). The van der Waals surface area contributed by atoms with Crippen molar-refractivity contribution in [1.29, 1.82) is 0 Å². The summed E-state index contributed by atoms with van der Waals surface area (Å²) in [4.78, 5) is 36.8. The van der Waals surface area contributed by atoms with E-state index in [0.717, 1.165) is 31.7 Å². The molecule has 0 aromatic rings. The van der Waals surface area contributed by atoms with Gasteiger partial charge in [0.1, 0.15) is 5.25 Å². The molecule has 0 bridgehead atoms. The summed E-state index contributed by atoms with van der Waals surface area (Å²) in [5, 5.41) is 12.1. The number of carbonyl (C=O) groups is 3. The Morgan fingerprint density at radius 1 is 1.14 bits per heavy atom. The Morgan fingerprint density at radius 2 is 1.89 bits per heavy atom. The van der Waals surface area contributed by atoms with Crippen molar-refractivity contribution in [2.45, 2.75) is 55.1 Å². The first-order valence-electron chi connectivity index (χ1n) is 10.0. The molecule has 0 saturated carbocycles. The van der Waals surface area contributed by atoms with Crippen molar-refractivity contribution >= 4 is 41.4 Å². The van der Waals surface area contributed by atoms with E-state index in [1.165, 1.54) is 0 Å². The van der Waals surface area contributed by atoms with Gasteiger partial charge in [-0.15, -0.1) is 23.5 Å². The van der Waals surface area contributed by atoms with E-state index in [1.54, 1.807) is 30.4 Å². The van der Waals surface area contributed by atoms with Gasteiger partial charge < -0.3 is 20.7 Å². The van der Waals surface area contributed by atoms with Gasteiger partial charge >= 0.3 is 6.09 Å². The molecule has 8 nitrogen and oxygen atoms in total. The van der Waals surface area contributed by atoms with Crippen molar-refractivity contribution in [3.63, 3.8) is 0 Å². The maximum absolute atomic E-state index is 12.9. The average molecular weight is 431 g/mol. The molecule has 3 heterocycles. The van der Waals surface area contributed by atoms with Crippen LogP contribution in [-0.2, 0) is 14.3 Å². The van der Waals surface area contributed by atoms with E-state index in [0.29, 0.717) is 17.7 Å². The molecule has 0 aromatic heterocycles. The fraction of sp³-hybridized carbons (Fsp3) is 0.833.